The molecule has 0 bridgehead atoms. The number of para-hydroxylation sites is 1. The fourth-order valence-electron chi connectivity index (χ4n) is 2.35. The molecule has 0 N–H and O–H groups in total. The number of esters is 1. The molecule has 1 aromatic heterocycles. The minimum atomic E-state index is -0.450. The molecule has 120 valence electrons. The highest BCUT2D eigenvalue weighted by molar-refractivity contribution is 5.92. The first-order valence-corrected chi connectivity index (χ1v) is 7.56. The zero-order valence-electron chi connectivity index (χ0n) is 13.5. The van der Waals surface area contributed by atoms with Gasteiger partial charge in [0.15, 0.2) is 5.75 Å². The SMILES string of the molecule is COc1cccc(C=CC(=O)Oc2cccc3ccc(C)nc23)c1. The molecule has 0 aliphatic rings. The molecule has 0 saturated carbocycles. The van der Waals surface area contributed by atoms with Gasteiger partial charge in [0.2, 0.25) is 0 Å². The van der Waals surface area contributed by atoms with Gasteiger partial charge in [-0.15, -0.1) is 0 Å². The molecule has 3 aromatic rings. The lowest BCUT2D eigenvalue weighted by molar-refractivity contribution is -0.128. The summed E-state index contributed by atoms with van der Waals surface area (Å²) in [4.78, 5) is 16.6. The molecule has 24 heavy (non-hydrogen) atoms. The van der Waals surface area contributed by atoms with Crippen molar-refractivity contribution >= 4 is 22.9 Å². The smallest absolute Gasteiger partial charge is 0.336 e. The Kier molecular flexibility index (Phi) is 4.57. The predicted octanol–water partition coefficient (Wildman–Crippen LogP) is 4.17. The number of ether oxygens (including phenoxy) is 2. The molecule has 0 aliphatic heterocycles. The number of rotatable bonds is 4. The van der Waals surface area contributed by atoms with E-state index in [-0.39, 0.29) is 0 Å². The van der Waals surface area contributed by atoms with Crippen LogP contribution in [-0.2, 0) is 4.79 Å². The lowest BCUT2D eigenvalue weighted by Crippen LogP contribution is -2.04. The second-order valence-corrected chi connectivity index (χ2v) is 5.31. The van der Waals surface area contributed by atoms with Crippen LogP contribution in [0.15, 0.2) is 60.7 Å². The first-order chi connectivity index (χ1) is 11.7. The Hall–Kier alpha value is -3.14. The lowest BCUT2D eigenvalue weighted by atomic mass is 10.2. The first-order valence-electron chi connectivity index (χ1n) is 7.56. The number of aromatic nitrogens is 1. The number of hydrogen-bond donors (Lipinski definition) is 0. The van der Waals surface area contributed by atoms with Gasteiger partial charge in [0.1, 0.15) is 11.3 Å². The van der Waals surface area contributed by atoms with Crippen LogP contribution < -0.4 is 9.47 Å². The average Bonchev–Trinajstić information content (AvgIpc) is 2.61. The van der Waals surface area contributed by atoms with E-state index in [1.807, 2.05) is 55.5 Å². The molecule has 0 amide bonds. The maximum absolute atomic E-state index is 12.1. The Labute approximate surface area is 140 Å². The lowest BCUT2D eigenvalue weighted by Gasteiger charge is -2.06. The third-order valence-corrected chi connectivity index (χ3v) is 3.54. The van der Waals surface area contributed by atoms with Crippen molar-refractivity contribution in [2.24, 2.45) is 0 Å². The van der Waals surface area contributed by atoms with Crippen molar-refractivity contribution in [3.05, 3.63) is 71.9 Å². The summed E-state index contributed by atoms with van der Waals surface area (Å²) in [5.41, 5.74) is 2.41. The Bertz CT molecular complexity index is 916. The predicted molar refractivity (Wildman–Crippen MR) is 94.1 cm³/mol. The topological polar surface area (TPSA) is 48.4 Å². The van der Waals surface area contributed by atoms with Crippen LogP contribution in [0.4, 0.5) is 0 Å². The maximum atomic E-state index is 12.1. The highest BCUT2D eigenvalue weighted by atomic mass is 16.5. The Morgan fingerprint density at radius 3 is 2.75 bits per heavy atom. The van der Waals surface area contributed by atoms with Crippen molar-refractivity contribution in [3.63, 3.8) is 0 Å². The minimum Gasteiger partial charge on any atom is -0.497 e. The van der Waals surface area contributed by atoms with E-state index in [9.17, 15) is 4.79 Å². The quantitative estimate of drug-likeness (QED) is 0.411. The van der Waals surface area contributed by atoms with Crippen molar-refractivity contribution in [2.45, 2.75) is 6.92 Å². The molecule has 1 heterocycles. The van der Waals surface area contributed by atoms with Crippen molar-refractivity contribution in [1.82, 2.24) is 4.98 Å². The van der Waals surface area contributed by atoms with Gasteiger partial charge in [-0.2, -0.15) is 0 Å². The molecular weight excluding hydrogens is 302 g/mol. The van der Waals surface area contributed by atoms with Gasteiger partial charge in [-0.3, -0.25) is 0 Å². The van der Waals surface area contributed by atoms with Crippen LogP contribution in [0.2, 0.25) is 0 Å². The van der Waals surface area contributed by atoms with Crippen molar-refractivity contribution < 1.29 is 14.3 Å². The molecule has 0 atom stereocenters. The van der Waals surface area contributed by atoms with Gasteiger partial charge in [0.05, 0.1) is 7.11 Å². The number of carbonyl (C=O) groups excluding carboxylic acids is 1. The number of fused-ring (bicyclic) bond motifs is 1. The number of methoxy groups -OCH3 is 1. The fraction of sp³-hybridized carbons (Fsp3) is 0.100. The number of aryl methyl sites for hydroxylation is 1. The van der Waals surface area contributed by atoms with Crippen LogP contribution in [-0.4, -0.2) is 18.1 Å². The summed E-state index contributed by atoms with van der Waals surface area (Å²) in [7, 11) is 1.60. The van der Waals surface area contributed by atoms with E-state index in [0.717, 1.165) is 22.4 Å². The van der Waals surface area contributed by atoms with E-state index >= 15 is 0 Å². The Morgan fingerprint density at radius 2 is 1.92 bits per heavy atom. The first kappa shape index (κ1) is 15.7. The number of hydrogen-bond acceptors (Lipinski definition) is 4. The van der Waals surface area contributed by atoms with E-state index in [2.05, 4.69) is 4.98 Å². The molecule has 0 spiro atoms. The van der Waals surface area contributed by atoms with Gasteiger partial charge >= 0.3 is 5.97 Å². The van der Waals surface area contributed by atoms with Crippen LogP contribution in [0.5, 0.6) is 11.5 Å². The minimum absolute atomic E-state index is 0.450. The number of pyridine rings is 1. The highest BCUT2D eigenvalue weighted by Crippen LogP contribution is 2.24. The van der Waals surface area contributed by atoms with E-state index in [1.165, 1.54) is 6.08 Å². The van der Waals surface area contributed by atoms with Gasteiger partial charge < -0.3 is 9.47 Å². The van der Waals surface area contributed by atoms with Crippen LogP contribution in [0.1, 0.15) is 11.3 Å². The summed E-state index contributed by atoms with van der Waals surface area (Å²) in [6.45, 7) is 1.90. The van der Waals surface area contributed by atoms with Gasteiger partial charge in [0, 0.05) is 17.2 Å². The van der Waals surface area contributed by atoms with Crippen LogP contribution in [0.25, 0.3) is 17.0 Å². The zero-order valence-corrected chi connectivity index (χ0v) is 13.5. The monoisotopic (exact) mass is 319 g/mol. The second-order valence-electron chi connectivity index (χ2n) is 5.31. The Balaban J connectivity index is 1.80. The van der Waals surface area contributed by atoms with E-state index < -0.39 is 5.97 Å². The largest absolute Gasteiger partial charge is 0.497 e. The van der Waals surface area contributed by atoms with Crippen LogP contribution >= 0.6 is 0 Å². The standard InChI is InChI=1S/C20H17NO3/c1-14-9-11-16-6-4-8-18(20(16)21-14)24-19(22)12-10-15-5-3-7-17(13-15)23-2/h3-13H,1-2H3. The number of carbonyl (C=O) groups is 1. The molecule has 0 aliphatic carbocycles. The number of benzene rings is 2. The molecule has 3 rings (SSSR count). The van der Waals surface area contributed by atoms with E-state index in [4.69, 9.17) is 9.47 Å². The van der Waals surface area contributed by atoms with Gasteiger partial charge in [0.25, 0.3) is 0 Å². The Morgan fingerprint density at radius 1 is 1.08 bits per heavy atom. The van der Waals surface area contributed by atoms with Gasteiger partial charge in [-0.25, -0.2) is 9.78 Å². The summed E-state index contributed by atoms with van der Waals surface area (Å²) in [5.74, 6) is 0.740. The van der Waals surface area contributed by atoms with Gasteiger partial charge in [-0.1, -0.05) is 30.3 Å². The van der Waals surface area contributed by atoms with E-state index in [1.54, 1.807) is 19.3 Å². The third kappa shape index (κ3) is 3.60. The fourth-order valence-corrected chi connectivity index (χ4v) is 2.35. The third-order valence-electron chi connectivity index (χ3n) is 3.54. The molecule has 4 nitrogen and oxygen atoms in total. The van der Waals surface area contributed by atoms with Gasteiger partial charge in [-0.05, 0) is 42.8 Å². The van der Waals surface area contributed by atoms with Crippen molar-refractivity contribution in [3.8, 4) is 11.5 Å². The molecular formula is C20H17NO3. The molecule has 0 saturated heterocycles. The molecule has 0 radical (unpaired) electrons. The van der Waals surface area contributed by atoms with E-state index in [0.29, 0.717) is 11.3 Å². The summed E-state index contributed by atoms with van der Waals surface area (Å²) >= 11 is 0. The summed E-state index contributed by atoms with van der Waals surface area (Å²) in [6, 6.07) is 16.8. The average molecular weight is 319 g/mol. The molecule has 0 unspecified atom stereocenters. The van der Waals surface area contributed by atoms with Crippen molar-refractivity contribution in [1.29, 1.82) is 0 Å². The summed E-state index contributed by atoms with van der Waals surface area (Å²) < 4.78 is 10.6. The summed E-state index contributed by atoms with van der Waals surface area (Å²) in [6.07, 6.45) is 3.08. The van der Waals surface area contributed by atoms with Crippen LogP contribution in [0.3, 0.4) is 0 Å². The van der Waals surface area contributed by atoms with Crippen LogP contribution in [0, 0.1) is 6.92 Å². The summed E-state index contributed by atoms with van der Waals surface area (Å²) in [5, 5.41) is 0.933. The number of nitrogens with zero attached hydrogens (tertiary/aromatic N) is 1. The highest BCUT2D eigenvalue weighted by Gasteiger charge is 2.07. The maximum Gasteiger partial charge on any atom is 0.336 e. The second kappa shape index (κ2) is 6.96. The van der Waals surface area contributed by atoms with Crippen molar-refractivity contribution in [2.75, 3.05) is 7.11 Å². The normalized spacial score (nSPS) is 10.9. The molecule has 0 fully saturated rings. The molecule has 4 heteroatoms. The molecule has 2 aromatic carbocycles. The zero-order chi connectivity index (χ0) is 16.9.